The van der Waals surface area contributed by atoms with Crippen molar-refractivity contribution in [2.45, 2.75) is 17.1 Å². The van der Waals surface area contributed by atoms with Crippen LogP contribution in [0.25, 0.3) is 11.1 Å². The Kier molecular flexibility index (Phi) is 5.26. The second kappa shape index (κ2) is 7.68. The summed E-state index contributed by atoms with van der Waals surface area (Å²) in [4.78, 5) is 26.0. The first-order valence-corrected chi connectivity index (χ1v) is 10.9. The first kappa shape index (κ1) is 21.9. The SMILES string of the molecule is CN1C(C(=O)c2cccc(-c3cccc(C(F)(F)F)c3)c2)C(=O)c2ccccc2S1(=O)=O. The number of likely N-dealkylation sites (N-methyl/N-ethyl adjacent to an activating group) is 1. The number of halogens is 3. The van der Waals surface area contributed by atoms with E-state index in [0.717, 1.165) is 23.5 Å². The number of ketones is 2. The van der Waals surface area contributed by atoms with E-state index in [2.05, 4.69) is 0 Å². The maximum Gasteiger partial charge on any atom is 0.416 e. The highest BCUT2D eigenvalue weighted by Gasteiger charge is 2.45. The Labute approximate surface area is 182 Å². The monoisotopic (exact) mass is 459 g/mol. The quantitative estimate of drug-likeness (QED) is 0.429. The minimum absolute atomic E-state index is 0.0136. The van der Waals surface area contributed by atoms with E-state index < -0.39 is 39.4 Å². The summed E-state index contributed by atoms with van der Waals surface area (Å²) in [6, 6.07) is 14.4. The van der Waals surface area contributed by atoms with Crippen molar-refractivity contribution < 1.29 is 31.2 Å². The number of benzene rings is 3. The number of Topliss-reactive ketones (excluding diaryl/α,β-unsaturated/α-hetero) is 2. The van der Waals surface area contributed by atoms with Crippen molar-refractivity contribution in [1.29, 1.82) is 0 Å². The van der Waals surface area contributed by atoms with Crippen molar-refractivity contribution in [3.8, 4) is 11.1 Å². The first-order chi connectivity index (χ1) is 15.0. The number of sulfonamides is 1. The molecule has 1 aliphatic rings. The summed E-state index contributed by atoms with van der Waals surface area (Å²) >= 11 is 0. The van der Waals surface area contributed by atoms with Gasteiger partial charge in [0.2, 0.25) is 10.0 Å². The van der Waals surface area contributed by atoms with Gasteiger partial charge in [-0.15, -0.1) is 0 Å². The van der Waals surface area contributed by atoms with Crippen molar-refractivity contribution in [1.82, 2.24) is 4.31 Å². The maximum absolute atomic E-state index is 13.2. The van der Waals surface area contributed by atoms with Crippen LogP contribution in [0.15, 0.2) is 77.7 Å². The molecule has 1 atom stereocenters. The molecule has 3 aromatic rings. The topological polar surface area (TPSA) is 71.5 Å². The van der Waals surface area contributed by atoms with Gasteiger partial charge in [0.1, 0.15) is 0 Å². The van der Waals surface area contributed by atoms with E-state index in [1.54, 1.807) is 0 Å². The molecule has 0 spiro atoms. The molecular formula is C23H16F3NO4S. The van der Waals surface area contributed by atoms with Crippen molar-refractivity contribution in [3.63, 3.8) is 0 Å². The van der Waals surface area contributed by atoms with Crippen molar-refractivity contribution in [3.05, 3.63) is 89.5 Å². The zero-order valence-corrected chi connectivity index (χ0v) is 17.4. The summed E-state index contributed by atoms with van der Waals surface area (Å²) < 4.78 is 65.6. The van der Waals surface area contributed by atoms with E-state index in [0.29, 0.717) is 5.56 Å². The average Bonchev–Trinajstić information content (AvgIpc) is 2.78. The number of carbonyl (C=O) groups is 2. The molecule has 0 aromatic heterocycles. The standard InChI is InChI=1S/C23H16F3NO4S/c1-27-20(22(29)18-10-2-3-11-19(18)32(27,30)31)21(28)16-8-4-6-14(12-16)15-7-5-9-17(13-15)23(24,25)26/h2-13,20H,1H3. The summed E-state index contributed by atoms with van der Waals surface area (Å²) in [5.41, 5.74) is -0.332. The summed E-state index contributed by atoms with van der Waals surface area (Å²) in [5.74, 6) is -1.42. The predicted octanol–water partition coefficient (Wildman–Crippen LogP) is 4.44. The van der Waals surface area contributed by atoms with E-state index in [1.165, 1.54) is 60.7 Å². The van der Waals surface area contributed by atoms with E-state index in [-0.39, 0.29) is 21.6 Å². The molecule has 1 heterocycles. The van der Waals surface area contributed by atoms with E-state index in [9.17, 15) is 31.2 Å². The lowest BCUT2D eigenvalue weighted by Crippen LogP contribution is -2.51. The largest absolute Gasteiger partial charge is 0.416 e. The average molecular weight is 459 g/mol. The molecule has 0 fully saturated rings. The smallest absolute Gasteiger partial charge is 0.292 e. The van der Waals surface area contributed by atoms with Crippen LogP contribution in [0.1, 0.15) is 26.3 Å². The molecule has 32 heavy (non-hydrogen) atoms. The van der Waals surface area contributed by atoms with Gasteiger partial charge in [-0.3, -0.25) is 9.59 Å². The number of fused-ring (bicyclic) bond motifs is 1. The molecule has 1 unspecified atom stereocenters. The summed E-state index contributed by atoms with van der Waals surface area (Å²) in [6.45, 7) is 0. The molecule has 3 aromatic carbocycles. The van der Waals surface area contributed by atoms with Gasteiger partial charge in [-0.05, 0) is 41.5 Å². The number of nitrogens with zero attached hydrogens (tertiary/aromatic N) is 1. The van der Waals surface area contributed by atoms with Crippen LogP contribution in [0.2, 0.25) is 0 Å². The molecule has 4 rings (SSSR count). The van der Waals surface area contributed by atoms with E-state index >= 15 is 0 Å². The van der Waals surface area contributed by atoms with Crippen LogP contribution >= 0.6 is 0 Å². The van der Waals surface area contributed by atoms with Crippen LogP contribution in [-0.2, 0) is 16.2 Å². The second-order valence-electron chi connectivity index (χ2n) is 7.31. The fourth-order valence-corrected chi connectivity index (χ4v) is 5.15. The number of alkyl halides is 3. The second-order valence-corrected chi connectivity index (χ2v) is 9.27. The van der Waals surface area contributed by atoms with E-state index in [4.69, 9.17) is 0 Å². The minimum Gasteiger partial charge on any atom is -0.292 e. The Bertz CT molecular complexity index is 1350. The predicted molar refractivity (Wildman–Crippen MR) is 111 cm³/mol. The molecule has 0 saturated heterocycles. The Morgan fingerprint density at radius 2 is 1.53 bits per heavy atom. The summed E-state index contributed by atoms with van der Waals surface area (Å²) in [7, 11) is -2.92. The minimum atomic E-state index is -4.53. The number of rotatable bonds is 3. The fraction of sp³-hybridized carbons (Fsp3) is 0.130. The Hall–Kier alpha value is -3.30. The molecule has 9 heteroatoms. The lowest BCUT2D eigenvalue weighted by Gasteiger charge is -2.31. The van der Waals surface area contributed by atoms with Crippen LogP contribution in [-0.4, -0.2) is 37.4 Å². The summed E-state index contributed by atoms with van der Waals surface area (Å²) in [5, 5.41) is 0. The molecule has 0 bridgehead atoms. The van der Waals surface area contributed by atoms with Gasteiger partial charge in [-0.1, -0.05) is 42.5 Å². The Morgan fingerprint density at radius 3 is 2.22 bits per heavy atom. The van der Waals surface area contributed by atoms with Crippen molar-refractivity contribution in [2.75, 3.05) is 7.05 Å². The van der Waals surface area contributed by atoms with E-state index in [1.807, 2.05) is 0 Å². The van der Waals surface area contributed by atoms with Gasteiger partial charge < -0.3 is 0 Å². The van der Waals surface area contributed by atoms with Gasteiger partial charge in [0.05, 0.1) is 10.5 Å². The Balaban J connectivity index is 1.75. The number of hydrogen-bond acceptors (Lipinski definition) is 4. The number of hydrogen-bond donors (Lipinski definition) is 0. The molecule has 0 radical (unpaired) electrons. The maximum atomic E-state index is 13.2. The molecule has 164 valence electrons. The van der Waals surface area contributed by atoms with Crippen LogP contribution < -0.4 is 0 Å². The zero-order valence-electron chi connectivity index (χ0n) is 16.6. The molecule has 0 N–H and O–H groups in total. The highest BCUT2D eigenvalue weighted by atomic mass is 32.2. The van der Waals surface area contributed by atoms with Crippen molar-refractivity contribution >= 4 is 21.6 Å². The van der Waals surface area contributed by atoms with Gasteiger partial charge in [0.15, 0.2) is 17.6 Å². The highest BCUT2D eigenvalue weighted by molar-refractivity contribution is 7.89. The van der Waals surface area contributed by atoms with Crippen LogP contribution in [0, 0.1) is 0 Å². The fourth-order valence-electron chi connectivity index (χ4n) is 3.67. The zero-order chi connectivity index (χ0) is 23.3. The van der Waals surface area contributed by atoms with Crippen LogP contribution in [0.4, 0.5) is 13.2 Å². The third kappa shape index (κ3) is 3.63. The first-order valence-electron chi connectivity index (χ1n) is 9.45. The molecular weight excluding hydrogens is 443 g/mol. The van der Waals surface area contributed by atoms with Crippen LogP contribution in [0.3, 0.4) is 0 Å². The molecule has 0 amide bonds. The highest BCUT2D eigenvalue weighted by Crippen LogP contribution is 2.33. The lowest BCUT2D eigenvalue weighted by atomic mass is 9.93. The molecule has 5 nitrogen and oxygen atoms in total. The van der Waals surface area contributed by atoms with Gasteiger partial charge in [-0.25, -0.2) is 8.42 Å². The van der Waals surface area contributed by atoms with Crippen molar-refractivity contribution in [2.24, 2.45) is 0 Å². The normalized spacial score (nSPS) is 18.2. The number of carbonyl (C=O) groups excluding carboxylic acids is 2. The van der Waals surface area contributed by atoms with Crippen LogP contribution in [0.5, 0.6) is 0 Å². The molecule has 1 aliphatic heterocycles. The van der Waals surface area contributed by atoms with Gasteiger partial charge >= 0.3 is 6.18 Å². The third-order valence-corrected chi connectivity index (χ3v) is 7.22. The lowest BCUT2D eigenvalue weighted by molar-refractivity contribution is -0.137. The summed E-state index contributed by atoms with van der Waals surface area (Å²) in [6.07, 6.45) is -4.53. The molecule has 0 saturated carbocycles. The van der Waals surface area contributed by atoms with Gasteiger partial charge in [0.25, 0.3) is 0 Å². The third-order valence-electron chi connectivity index (χ3n) is 5.34. The Morgan fingerprint density at radius 1 is 0.906 bits per heavy atom. The van der Waals surface area contributed by atoms with Gasteiger partial charge in [0, 0.05) is 18.2 Å². The molecule has 0 aliphatic carbocycles. The van der Waals surface area contributed by atoms with Gasteiger partial charge in [-0.2, -0.15) is 17.5 Å².